The predicted molar refractivity (Wildman–Crippen MR) is 42.6 cm³/mol. The smallest absolute Gasteiger partial charge is 0.0874 e. The minimum absolute atomic E-state index is 0.315. The first-order valence-electron chi connectivity index (χ1n) is 4.25. The van der Waals surface area contributed by atoms with Crippen molar-refractivity contribution in [3.8, 4) is 0 Å². The van der Waals surface area contributed by atoms with Crippen LogP contribution in [0.4, 0.5) is 0 Å². The third-order valence-electron chi connectivity index (χ3n) is 2.32. The molecule has 4 atom stereocenters. The van der Waals surface area contributed by atoms with Crippen molar-refractivity contribution in [2.45, 2.75) is 31.7 Å². The molecular weight excluding hydrogens is 160 g/mol. The van der Waals surface area contributed by atoms with Crippen LogP contribution in [0.5, 0.6) is 0 Å². The fourth-order valence-electron chi connectivity index (χ4n) is 1.40. The minimum Gasteiger partial charge on any atom is -0.393 e. The van der Waals surface area contributed by atoms with Crippen LogP contribution in [0.3, 0.4) is 0 Å². The van der Waals surface area contributed by atoms with Gasteiger partial charge in [0.2, 0.25) is 0 Å². The van der Waals surface area contributed by atoms with Crippen molar-refractivity contribution in [1.82, 2.24) is 0 Å². The standard InChI is InChI=1S/C8H16O4/c1-5(9)6-4-12-3-2-7(10)8(6)11/h5-11H,2-4H2,1H3. The summed E-state index contributed by atoms with van der Waals surface area (Å²) in [5.74, 6) is -0.373. The number of rotatable bonds is 1. The largest absolute Gasteiger partial charge is 0.393 e. The van der Waals surface area contributed by atoms with Gasteiger partial charge in [0, 0.05) is 12.5 Å². The Morgan fingerprint density at radius 2 is 2.08 bits per heavy atom. The van der Waals surface area contributed by atoms with Crippen molar-refractivity contribution in [2.75, 3.05) is 13.2 Å². The summed E-state index contributed by atoms with van der Waals surface area (Å²) in [7, 11) is 0. The van der Waals surface area contributed by atoms with Crippen LogP contribution < -0.4 is 0 Å². The molecule has 0 aromatic rings. The van der Waals surface area contributed by atoms with Crippen LogP contribution >= 0.6 is 0 Å². The average Bonchev–Trinajstić information content (AvgIpc) is 2.15. The van der Waals surface area contributed by atoms with E-state index in [1.165, 1.54) is 0 Å². The third kappa shape index (κ3) is 2.17. The molecule has 0 amide bonds. The van der Waals surface area contributed by atoms with Gasteiger partial charge in [0.15, 0.2) is 0 Å². The molecule has 4 unspecified atom stereocenters. The molecule has 1 aliphatic rings. The average molecular weight is 176 g/mol. The van der Waals surface area contributed by atoms with Crippen molar-refractivity contribution in [2.24, 2.45) is 5.92 Å². The molecule has 3 N–H and O–H groups in total. The maximum atomic E-state index is 9.50. The van der Waals surface area contributed by atoms with Crippen LogP contribution in [-0.4, -0.2) is 46.8 Å². The Morgan fingerprint density at radius 1 is 1.42 bits per heavy atom. The lowest BCUT2D eigenvalue weighted by atomic mass is 9.93. The van der Waals surface area contributed by atoms with E-state index in [1.807, 2.05) is 0 Å². The quantitative estimate of drug-likeness (QED) is 0.485. The molecule has 0 spiro atoms. The molecule has 12 heavy (non-hydrogen) atoms. The zero-order chi connectivity index (χ0) is 9.14. The number of aliphatic hydroxyl groups excluding tert-OH is 3. The lowest BCUT2D eigenvalue weighted by Gasteiger charge is -2.24. The Labute approximate surface area is 71.8 Å². The summed E-state index contributed by atoms with van der Waals surface area (Å²) in [6, 6.07) is 0. The molecule has 1 rings (SSSR count). The van der Waals surface area contributed by atoms with Crippen LogP contribution in [0.25, 0.3) is 0 Å². The lowest BCUT2D eigenvalue weighted by molar-refractivity contribution is -0.0549. The van der Waals surface area contributed by atoms with Gasteiger partial charge in [-0.15, -0.1) is 0 Å². The Kier molecular flexibility index (Phi) is 3.46. The molecule has 0 radical (unpaired) electrons. The first kappa shape index (κ1) is 9.92. The fourth-order valence-corrected chi connectivity index (χ4v) is 1.40. The number of hydrogen-bond acceptors (Lipinski definition) is 4. The maximum Gasteiger partial charge on any atom is 0.0874 e. The van der Waals surface area contributed by atoms with Crippen molar-refractivity contribution in [1.29, 1.82) is 0 Å². The van der Waals surface area contributed by atoms with Gasteiger partial charge in [-0.2, -0.15) is 0 Å². The molecule has 0 aliphatic carbocycles. The predicted octanol–water partition coefficient (Wildman–Crippen LogP) is -0.875. The molecule has 1 fully saturated rings. The van der Waals surface area contributed by atoms with Gasteiger partial charge in [-0.1, -0.05) is 0 Å². The number of hydrogen-bond donors (Lipinski definition) is 3. The highest BCUT2D eigenvalue weighted by atomic mass is 16.5. The van der Waals surface area contributed by atoms with E-state index in [2.05, 4.69) is 0 Å². The van der Waals surface area contributed by atoms with Crippen LogP contribution in [0, 0.1) is 5.92 Å². The van der Waals surface area contributed by atoms with E-state index in [9.17, 15) is 15.3 Å². The van der Waals surface area contributed by atoms with Crippen molar-refractivity contribution in [3.63, 3.8) is 0 Å². The molecule has 0 saturated carbocycles. The normalized spacial score (nSPS) is 40.5. The maximum absolute atomic E-state index is 9.50. The van der Waals surface area contributed by atoms with E-state index in [0.717, 1.165) is 0 Å². The molecule has 1 heterocycles. The van der Waals surface area contributed by atoms with Gasteiger partial charge in [-0.05, 0) is 13.3 Å². The minimum atomic E-state index is -0.868. The number of ether oxygens (including phenoxy) is 1. The molecular formula is C8H16O4. The molecule has 72 valence electrons. The Bertz CT molecular complexity index is 137. The number of aliphatic hydroxyl groups is 3. The second-order valence-electron chi connectivity index (χ2n) is 3.33. The molecule has 4 heteroatoms. The first-order chi connectivity index (χ1) is 5.63. The summed E-state index contributed by atoms with van der Waals surface area (Å²) in [4.78, 5) is 0. The van der Waals surface area contributed by atoms with E-state index in [4.69, 9.17) is 4.74 Å². The van der Waals surface area contributed by atoms with Crippen molar-refractivity contribution in [3.05, 3.63) is 0 Å². The summed E-state index contributed by atoms with van der Waals surface area (Å²) in [6.07, 6.45) is -1.85. The molecule has 0 bridgehead atoms. The summed E-state index contributed by atoms with van der Waals surface area (Å²) in [5, 5.41) is 28.1. The molecule has 4 nitrogen and oxygen atoms in total. The second-order valence-corrected chi connectivity index (χ2v) is 3.33. The lowest BCUT2D eigenvalue weighted by Crippen LogP contribution is -2.39. The van der Waals surface area contributed by atoms with E-state index in [0.29, 0.717) is 19.6 Å². The van der Waals surface area contributed by atoms with Crippen molar-refractivity contribution >= 4 is 0 Å². The van der Waals surface area contributed by atoms with Crippen LogP contribution in [0.15, 0.2) is 0 Å². The Morgan fingerprint density at radius 3 is 2.67 bits per heavy atom. The monoisotopic (exact) mass is 176 g/mol. The van der Waals surface area contributed by atoms with Gasteiger partial charge in [0.05, 0.1) is 24.9 Å². The zero-order valence-electron chi connectivity index (χ0n) is 7.18. The highest BCUT2D eigenvalue weighted by Crippen LogP contribution is 2.18. The van der Waals surface area contributed by atoms with E-state index in [1.54, 1.807) is 6.92 Å². The molecule has 1 saturated heterocycles. The summed E-state index contributed by atoms with van der Waals surface area (Å²) < 4.78 is 5.13. The van der Waals surface area contributed by atoms with Gasteiger partial charge in [-0.3, -0.25) is 0 Å². The van der Waals surface area contributed by atoms with Gasteiger partial charge in [0.25, 0.3) is 0 Å². The molecule has 0 aromatic carbocycles. The first-order valence-corrected chi connectivity index (χ1v) is 4.25. The zero-order valence-corrected chi connectivity index (χ0v) is 7.18. The topological polar surface area (TPSA) is 69.9 Å². The molecule has 0 aromatic heterocycles. The summed E-state index contributed by atoms with van der Waals surface area (Å²) >= 11 is 0. The van der Waals surface area contributed by atoms with Crippen LogP contribution in [0.1, 0.15) is 13.3 Å². The van der Waals surface area contributed by atoms with E-state index in [-0.39, 0.29) is 5.92 Å². The molecule has 1 aliphatic heterocycles. The Balaban J connectivity index is 2.58. The highest BCUT2D eigenvalue weighted by Gasteiger charge is 2.32. The van der Waals surface area contributed by atoms with E-state index < -0.39 is 18.3 Å². The van der Waals surface area contributed by atoms with Gasteiger partial charge in [-0.25, -0.2) is 0 Å². The van der Waals surface area contributed by atoms with Gasteiger partial charge >= 0.3 is 0 Å². The van der Waals surface area contributed by atoms with E-state index >= 15 is 0 Å². The fraction of sp³-hybridized carbons (Fsp3) is 1.00. The Hall–Kier alpha value is -0.160. The van der Waals surface area contributed by atoms with Crippen LogP contribution in [0.2, 0.25) is 0 Å². The SMILES string of the molecule is CC(O)C1COCCC(O)C1O. The second kappa shape index (κ2) is 4.18. The third-order valence-corrected chi connectivity index (χ3v) is 2.32. The summed E-state index contributed by atoms with van der Waals surface area (Å²) in [6.45, 7) is 2.35. The van der Waals surface area contributed by atoms with Crippen molar-refractivity contribution < 1.29 is 20.1 Å². The van der Waals surface area contributed by atoms with Crippen LogP contribution in [-0.2, 0) is 4.74 Å². The summed E-state index contributed by atoms with van der Waals surface area (Å²) in [5.41, 5.74) is 0. The van der Waals surface area contributed by atoms with Gasteiger partial charge < -0.3 is 20.1 Å². The highest BCUT2D eigenvalue weighted by molar-refractivity contribution is 4.81. The van der Waals surface area contributed by atoms with Gasteiger partial charge in [0.1, 0.15) is 0 Å².